The molecule has 1 fully saturated rings. The summed E-state index contributed by atoms with van der Waals surface area (Å²) in [4.78, 5) is 30.7. The van der Waals surface area contributed by atoms with E-state index in [2.05, 4.69) is 38.1 Å². The molecule has 2 aromatic carbocycles. The number of aromatic nitrogens is 3. The Morgan fingerprint density at radius 3 is 2.51 bits per heavy atom. The van der Waals surface area contributed by atoms with Gasteiger partial charge in [-0.3, -0.25) is 4.79 Å². The second-order valence-electron chi connectivity index (χ2n) is 8.63. The molecule has 8 heteroatoms. The van der Waals surface area contributed by atoms with Gasteiger partial charge in [0, 0.05) is 49.6 Å². The summed E-state index contributed by atoms with van der Waals surface area (Å²) in [5.74, 6) is 2.42. The Bertz CT molecular complexity index is 1340. The molecule has 0 radical (unpaired) electrons. The standard InChI is InChI=1S/C27H28N6O2/c1-19-15-25(32-11-13-33(14-12-32)27-28-9-4-10-29-27)31-24-8-7-21(18-23(19)24)30-26(34)17-20-5-3-6-22(16-20)35-2/h3-10,15-16,18H,11-14,17H2,1-2H3,(H,30,34). The second-order valence-corrected chi connectivity index (χ2v) is 8.63. The zero-order valence-electron chi connectivity index (χ0n) is 19.9. The largest absolute Gasteiger partial charge is 0.497 e. The fourth-order valence-electron chi connectivity index (χ4n) is 4.38. The molecular formula is C27H28N6O2. The molecule has 1 aliphatic heterocycles. The topological polar surface area (TPSA) is 83.5 Å². The number of benzene rings is 2. The summed E-state index contributed by atoms with van der Waals surface area (Å²) in [5, 5.41) is 4.04. The average Bonchev–Trinajstić information content (AvgIpc) is 2.89. The van der Waals surface area contributed by atoms with Crippen molar-refractivity contribution in [3.63, 3.8) is 0 Å². The summed E-state index contributed by atoms with van der Waals surface area (Å²) in [6.07, 6.45) is 3.84. The van der Waals surface area contributed by atoms with Crippen molar-refractivity contribution in [1.29, 1.82) is 0 Å². The Balaban J connectivity index is 1.27. The van der Waals surface area contributed by atoms with E-state index in [1.165, 1.54) is 0 Å². The van der Waals surface area contributed by atoms with Crippen LogP contribution in [0.5, 0.6) is 5.75 Å². The third kappa shape index (κ3) is 5.16. The summed E-state index contributed by atoms with van der Waals surface area (Å²) in [6, 6.07) is 17.4. The van der Waals surface area contributed by atoms with Crippen LogP contribution in [-0.2, 0) is 11.2 Å². The van der Waals surface area contributed by atoms with E-state index in [-0.39, 0.29) is 12.3 Å². The first kappa shape index (κ1) is 22.6. The average molecular weight is 469 g/mol. The highest BCUT2D eigenvalue weighted by atomic mass is 16.5. The van der Waals surface area contributed by atoms with Gasteiger partial charge in [0.05, 0.1) is 19.0 Å². The first-order valence-electron chi connectivity index (χ1n) is 11.7. The monoisotopic (exact) mass is 468 g/mol. The molecule has 0 unspecified atom stereocenters. The van der Waals surface area contributed by atoms with E-state index in [0.717, 1.165) is 71.4 Å². The molecule has 4 aromatic rings. The number of aryl methyl sites for hydroxylation is 1. The summed E-state index contributed by atoms with van der Waals surface area (Å²) in [7, 11) is 1.62. The van der Waals surface area contributed by atoms with Crippen molar-refractivity contribution in [3.05, 3.63) is 78.1 Å². The van der Waals surface area contributed by atoms with Crippen LogP contribution in [0.2, 0.25) is 0 Å². The molecule has 178 valence electrons. The summed E-state index contributed by atoms with van der Waals surface area (Å²) < 4.78 is 5.24. The molecule has 0 saturated carbocycles. The van der Waals surface area contributed by atoms with Crippen LogP contribution in [0.3, 0.4) is 0 Å². The van der Waals surface area contributed by atoms with Crippen LogP contribution < -0.4 is 19.9 Å². The highest BCUT2D eigenvalue weighted by molar-refractivity contribution is 5.95. The lowest BCUT2D eigenvalue weighted by atomic mass is 10.1. The normalized spacial score (nSPS) is 13.7. The maximum Gasteiger partial charge on any atom is 0.228 e. The van der Waals surface area contributed by atoms with Gasteiger partial charge in [-0.1, -0.05) is 12.1 Å². The van der Waals surface area contributed by atoms with Gasteiger partial charge in [-0.15, -0.1) is 0 Å². The minimum atomic E-state index is -0.0693. The number of hydrogen-bond acceptors (Lipinski definition) is 7. The number of fused-ring (bicyclic) bond motifs is 1. The number of nitrogens with zero attached hydrogens (tertiary/aromatic N) is 5. The van der Waals surface area contributed by atoms with Crippen LogP contribution in [0.15, 0.2) is 67.0 Å². The molecule has 8 nitrogen and oxygen atoms in total. The van der Waals surface area contributed by atoms with Crippen molar-refractivity contribution in [2.24, 2.45) is 0 Å². The van der Waals surface area contributed by atoms with Gasteiger partial charge in [0.25, 0.3) is 0 Å². The van der Waals surface area contributed by atoms with Gasteiger partial charge in [0.2, 0.25) is 11.9 Å². The predicted octanol–water partition coefficient (Wildman–Crippen LogP) is 3.85. The van der Waals surface area contributed by atoms with Crippen LogP contribution in [0.1, 0.15) is 11.1 Å². The van der Waals surface area contributed by atoms with E-state index in [1.807, 2.05) is 48.5 Å². The number of methoxy groups -OCH3 is 1. The van der Waals surface area contributed by atoms with Gasteiger partial charge >= 0.3 is 0 Å². The van der Waals surface area contributed by atoms with Crippen molar-refractivity contribution in [2.45, 2.75) is 13.3 Å². The molecule has 1 N–H and O–H groups in total. The predicted molar refractivity (Wildman–Crippen MR) is 138 cm³/mol. The molecule has 1 aliphatic rings. The molecule has 0 spiro atoms. The molecule has 0 bridgehead atoms. The maximum atomic E-state index is 12.6. The van der Waals surface area contributed by atoms with Gasteiger partial charge in [0.15, 0.2) is 0 Å². The first-order valence-corrected chi connectivity index (χ1v) is 11.7. The van der Waals surface area contributed by atoms with Gasteiger partial charge in [-0.25, -0.2) is 15.0 Å². The number of carbonyl (C=O) groups is 1. The number of amides is 1. The number of carbonyl (C=O) groups excluding carboxylic acids is 1. The highest BCUT2D eigenvalue weighted by Gasteiger charge is 2.20. The zero-order chi connectivity index (χ0) is 24.2. The van der Waals surface area contributed by atoms with Crippen LogP contribution in [0.4, 0.5) is 17.5 Å². The number of ether oxygens (including phenoxy) is 1. The molecule has 1 saturated heterocycles. The Hall–Kier alpha value is -4.20. The van der Waals surface area contributed by atoms with Gasteiger partial charge in [-0.05, 0) is 60.5 Å². The highest BCUT2D eigenvalue weighted by Crippen LogP contribution is 2.26. The molecule has 2 aromatic heterocycles. The van der Waals surface area contributed by atoms with E-state index in [1.54, 1.807) is 19.5 Å². The van der Waals surface area contributed by atoms with Crippen molar-refractivity contribution < 1.29 is 9.53 Å². The van der Waals surface area contributed by atoms with E-state index >= 15 is 0 Å². The zero-order valence-corrected chi connectivity index (χ0v) is 19.9. The van der Waals surface area contributed by atoms with E-state index < -0.39 is 0 Å². The Morgan fingerprint density at radius 1 is 0.971 bits per heavy atom. The quantitative estimate of drug-likeness (QED) is 0.460. The number of pyridine rings is 1. The van der Waals surface area contributed by atoms with Crippen LogP contribution in [0.25, 0.3) is 10.9 Å². The number of piperazine rings is 1. The molecular weight excluding hydrogens is 440 g/mol. The van der Waals surface area contributed by atoms with E-state index in [9.17, 15) is 4.79 Å². The van der Waals surface area contributed by atoms with Gasteiger partial charge in [0.1, 0.15) is 11.6 Å². The fraction of sp³-hybridized carbons (Fsp3) is 0.259. The van der Waals surface area contributed by atoms with E-state index in [4.69, 9.17) is 9.72 Å². The Kier molecular flexibility index (Phi) is 6.43. The SMILES string of the molecule is COc1cccc(CC(=O)Nc2ccc3nc(N4CCN(c5ncccn5)CC4)cc(C)c3c2)c1. The van der Waals surface area contributed by atoms with Gasteiger partial charge < -0.3 is 19.9 Å². The summed E-state index contributed by atoms with van der Waals surface area (Å²) in [6.45, 7) is 5.49. The molecule has 3 heterocycles. The lowest BCUT2D eigenvalue weighted by Gasteiger charge is -2.35. The summed E-state index contributed by atoms with van der Waals surface area (Å²) >= 11 is 0. The lowest BCUT2D eigenvalue weighted by molar-refractivity contribution is -0.115. The van der Waals surface area contributed by atoms with Crippen LogP contribution >= 0.6 is 0 Å². The van der Waals surface area contributed by atoms with Crippen molar-refractivity contribution in [1.82, 2.24) is 15.0 Å². The van der Waals surface area contributed by atoms with Crippen molar-refractivity contribution in [2.75, 3.05) is 48.4 Å². The third-order valence-electron chi connectivity index (χ3n) is 6.22. The lowest BCUT2D eigenvalue weighted by Crippen LogP contribution is -2.47. The minimum absolute atomic E-state index is 0.0693. The van der Waals surface area contributed by atoms with Crippen LogP contribution in [0, 0.1) is 6.92 Å². The molecule has 0 aliphatic carbocycles. The van der Waals surface area contributed by atoms with Gasteiger partial charge in [-0.2, -0.15) is 0 Å². The number of nitrogens with one attached hydrogen (secondary N) is 1. The molecule has 5 rings (SSSR count). The third-order valence-corrected chi connectivity index (χ3v) is 6.22. The Morgan fingerprint density at radius 2 is 1.74 bits per heavy atom. The summed E-state index contributed by atoms with van der Waals surface area (Å²) in [5.41, 5.74) is 3.71. The molecule has 1 amide bonds. The van der Waals surface area contributed by atoms with Crippen LogP contribution in [-0.4, -0.2) is 54.1 Å². The fourth-order valence-corrected chi connectivity index (χ4v) is 4.38. The number of rotatable bonds is 6. The molecule has 35 heavy (non-hydrogen) atoms. The first-order chi connectivity index (χ1) is 17.1. The van der Waals surface area contributed by atoms with Crippen molar-refractivity contribution >= 4 is 34.3 Å². The van der Waals surface area contributed by atoms with E-state index in [0.29, 0.717) is 0 Å². The molecule has 0 atom stereocenters. The number of anilines is 3. The number of hydrogen-bond donors (Lipinski definition) is 1. The minimum Gasteiger partial charge on any atom is -0.497 e. The second kappa shape index (κ2) is 9.97. The Labute approximate surface area is 204 Å². The smallest absolute Gasteiger partial charge is 0.228 e. The van der Waals surface area contributed by atoms with Crippen molar-refractivity contribution in [3.8, 4) is 5.75 Å². The maximum absolute atomic E-state index is 12.6.